The number of halogens is 2. The number of carbonyl (C=O) groups excluding carboxylic acids is 1. The van der Waals surface area contributed by atoms with Gasteiger partial charge in [-0.3, -0.25) is 4.79 Å². The number of nitrogens with two attached hydrogens (primary N) is 1. The van der Waals surface area contributed by atoms with E-state index in [1.165, 1.54) is 6.07 Å². The molecule has 1 saturated heterocycles. The van der Waals surface area contributed by atoms with Crippen LogP contribution in [0.3, 0.4) is 0 Å². The molecule has 7 nitrogen and oxygen atoms in total. The van der Waals surface area contributed by atoms with Crippen molar-refractivity contribution in [1.29, 1.82) is 0 Å². The molecule has 4 aromatic rings. The molecule has 5 rings (SSSR count). The van der Waals surface area contributed by atoms with Gasteiger partial charge in [0.25, 0.3) is 5.91 Å². The second-order valence-electron chi connectivity index (χ2n) is 8.07. The summed E-state index contributed by atoms with van der Waals surface area (Å²) in [7, 11) is 0. The minimum atomic E-state index is -0.798. The maximum absolute atomic E-state index is 13.9. The predicted octanol–water partition coefficient (Wildman–Crippen LogP) is 4.27. The number of hydrogen-bond donors (Lipinski definition) is 2. The number of fused-ring (bicyclic) bond motifs is 1. The summed E-state index contributed by atoms with van der Waals surface area (Å²) in [6, 6.07) is 12.9. The van der Waals surface area contributed by atoms with E-state index in [-0.39, 0.29) is 17.4 Å². The highest BCUT2D eigenvalue weighted by atomic mass is 19.1. The fourth-order valence-corrected chi connectivity index (χ4v) is 4.32. The van der Waals surface area contributed by atoms with Gasteiger partial charge in [0.2, 0.25) is 0 Å². The molecule has 0 saturated carbocycles. The average molecular weight is 461 g/mol. The summed E-state index contributed by atoms with van der Waals surface area (Å²) in [6.07, 6.45) is 2.70. The van der Waals surface area contributed by atoms with Crippen LogP contribution in [-0.4, -0.2) is 38.5 Å². The summed E-state index contributed by atoms with van der Waals surface area (Å²) >= 11 is 0. The molecule has 2 aromatic carbocycles. The van der Waals surface area contributed by atoms with Gasteiger partial charge in [0.1, 0.15) is 17.2 Å². The van der Waals surface area contributed by atoms with Gasteiger partial charge in [0.15, 0.2) is 17.3 Å². The number of nitrogens with one attached hydrogen (secondary N) is 1. The van der Waals surface area contributed by atoms with E-state index < -0.39 is 17.5 Å². The number of aromatic nitrogens is 3. The van der Waals surface area contributed by atoms with Crippen molar-refractivity contribution in [3.8, 4) is 34.7 Å². The molecule has 1 amide bonds. The molecule has 9 heteroatoms. The average Bonchev–Trinajstić information content (AvgIpc) is 3.51. The Bertz CT molecular complexity index is 1450. The number of H-pyrrole nitrogens is 1. The van der Waals surface area contributed by atoms with E-state index in [0.717, 1.165) is 37.2 Å². The third-order valence-corrected chi connectivity index (χ3v) is 5.89. The third-order valence-electron chi connectivity index (χ3n) is 5.89. The molecular formula is C25H21F2N5O2. The first-order chi connectivity index (χ1) is 16.4. The topological polar surface area (TPSA) is 88.7 Å². The van der Waals surface area contributed by atoms with Gasteiger partial charge in [-0.1, -0.05) is 5.92 Å². The predicted molar refractivity (Wildman–Crippen MR) is 122 cm³/mol. The zero-order valence-corrected chi connectivity index (χ0v) is 18.3. The maximum Gasteiger partial charge on any atom is 0.269 e. The molecular weight excluding hydrogens is 440 g/mol. The Labute approximate surface area is 194 Å². The molecule has 0 aliphatic carbocycles. The highest BCUT2D eigenvalue weighted by Gasteiger charge is 2.28. The van der Waals surface area contributed by atoms with Crippen molar-refractivity contribution in [1.82, 2.24) is 19.5 Å². The Morgan fingerprint density at radius 2 is 2.03 bits per heavy atom. The number of ether oxygens (including phenoxy) is 1. The van der Waals surface area contributed by atoms with Crippen molar-refractivity contribution >= 4 is 11.6 Å². The van der Waals surface area contributed by atoms with Crippen molar-refractivity contribution in [2.45, 2.75) is 19.3 Å². The van der Waals surface area contributed by atoms with Crippen LogP contribution < -0.4 is 10.5 Å². The zero-order valence-electron chi connectivity index (χ0n) is 18.3. The quantitative estimate of drug-likeness (QED) is 0.435. The van der Waals surface area contributed by atoms with E-state index in [2.05, 4.69) is 26.9 Å². The van der Waals surface area contributed by atoms with Gasteiger partial charge in [-0.2, -0.15) is 5.10 Å². The van der Waals surface area contributed by atoms with Crippen LogP contribution in [0, 0.1) is 23.6 Å². The lowest BCUT2D eigenvalue weighted by atomic mass is 10.0. The van der Waals surface area contributed by atoms with E-state index in [9.17, 15) is 13.6 Å². The molecule has 0 spiro atoms. The van der Waals surface area contributed by atoms with Crippen molar-refractivity contribution in [3.63, 3.8) is 0 Å². The van der Waals surface area contributed by atoms with Crippen molar-refractivity contribution < 1.29 is 18.3 Å². The molecule has 0 bridgehead atoms. The van der Waals surface area contributed by atoms with Crippen LogP contribution in [0.4, 0.5) is 8.78 Å². The Morgan fingerprint density at radius 1 is 1.24 bits per heavy atom. The Balaban J connectivity index is 1.47. The number of aromatic amines is 1. The maximum atomic E-state index is 13.9. The largest absolute Gasteiger partial charge is 0.454 e. The van der Waals surface area contributed by atoms with Crippen LogP contribution in [0.15, 0.2) is 48.7 Å². The van der Waals surface area contributed by atoms with Crippen LogP contribution in [-0.2, 0) is 0 Å². The Morgan fingerprint density at radius 3 is 2.74 bits per heavy atom. The smallest absolute Gasteiger partial charge is 0.269 e. The van der Waals surface area contributed by atoms with Crippen molar-refractivity contribution in [3.05, 3.63) is 71.6 Å². The molecule has 3 heterocycles. The van der Waals surface area contributed by atoms with Gasteiger partial charge < -0.3 is 20.4 Å². The first-order valence-electron chi connectivity index (χ1n) is 10.7. The Kier molecular flexibility index (Phi) is 5.42. The first kappa shape index (κ1) is 21.5. The highest BCUT2D eigenvalue weighted by molar-refractivity contribution is 5.98. The molecule has 1 aliphatic heterocycles. The van der Waals surface area contributed by atoms with Crippen LogP contribution in [0.25, 0.3) is 16.9 Å². The number of likely N-dealkylation sites (tertiary alicyclic amines) is 1. The van der Waals surface area contributed by atoms with Gasteiger partial charge in [0.05, 0.1) is 11.9 Å². The lowest BCUT2D eigenvalue weighted by Crippen LogP contribution is -2.15. The molecule has 3 N–H and O–H groups in total. The number of rotatable bonds is 5. The van der Waals surface area contributed by atoms with E-state index in [1.807, 2.05) is 6.92 Å². The van der Waals surface area contributed by atoms with Gasteiger partial charge in [0, 0.05) is 42.2 Å². The second-order valence-corrected chi connectivity index (χ2v) is 8.07. The number of nitrogens with zero attached hydrogens (tertiary/aromatic N) is 3. The van der Waals surface area contributed by atoms with E-state index in [4.69, 9.17) is 10.5 Å². The molecule has 1 aliphatic rings. The summed E-state index contributed by atoms with van der Waals surface area (Å²) < 4.78 is 34.1. The monoisotopic (exact) mass is 461 g/mol. The molecule has 2 aromatic heterocycles. The summed E-state index contributed by atoms with van der Waals surface area (Å²) in [4.78, 5) is 17.7. The summed E-state index contributed by atoms with van der Waals surface area (Å²) in [5, 5.41) is 4.42. The highest BCUT2D eigenvalue weighted by Crippen LogP contribution is 2.34. The number of carbonyl (C=O) groups is 1. The zero-order chi connectivity index (χ0) is 23.8. The minimum absolute atomic E-state index is 0.0895. The summed E-state index contributed by atoms with van der Waals surface area (Å²) in [6.45, 7) is 3.47. The van der Waals surface area contributed by atoms with E-state index >= 15 is 0 Å². The second kappa shape index (κ2) is 8.56. The lowest BCUT2D eigenvalue weighted by Gasteiger charge is -2.09. The Hall–Kier alpha value is -4.32. The van der Waals surface area contributed by atoms with Crippen molar-refractivity contribution in [2.75, 3.05) is 13.1 Å². The third kappa shape index (κ3) is 3.83. The van der Waals surface area contributed by atoms with Crippen molar-refractivity contribution in [2.24, 2.45) is 5.73 Å². The molecule has 1 unspecified atom stereocenters. The van der Waals surface area contributed by atoms with Crippen LogP contribution in [0.1, 0.15) is 35.3 Å². The van der Waals surface area contributed by atoms with Gasteiger partial charge in [-0.05, 0) is 49.7 Å². The van der Waals surface area contributed by atoms with Gasteiger partial charge in [-0.15, -0.1) is 0 Å². The molecule has 0 radical (unpaired) electrons. The number of benzene rings is 2. The molecule has 172 valence electrons. The number of hydrogen-bond acceptors (Lipinski definition) is 4. The SMILES string of the molecule is CC#CN1CCC(c2cnn3c(C(N)=O)c(-c4ccc(Oc5ccc(F)cc5F)cc4)[nH]c23)C1. The number of imidazole rings is 1. The van der Waals surface area contributed by atoms with Crippen LogP contribution in [0.5, 0.6) is 11.5 Å². The number of primary amides is 1. The first-order valence-corrected chi connectivity index (χ1v) is 10.7. The number of amides is 1. The summed E-state index contributed by atoms with van der Waals surface area (Å²) in [5.41, 5.74) is 8.87. The molecule has 34 heavy (non-hydrogen) atoms. The minimum Gasteiger partial charge on any atom is -0.454 e. The van der Waals surface area contributed by atoms with E-state index in [1.54, 1.807) is 35.0 Å². The normalized spacial score (nSPS) is 15.4. The van der Waals surface area contributed by atoms with Gasteiger partial charge in [-0.25, -0.2) is 13.3 Å². The standard InChI is InChI=1S/C25H21F2N5O2/c1-2-10-31-11-9-16(14-31)19-13-29-32-23(24(28)33)22(30-25(19)32)15-3-6-18(7-4-15)34-21-8-5-17(26)12-20(21)27/h3-8,12-13,16,30H,9,11,14H2,1H3,(H2,28,33). The van der Waals surface area contributed by atoms with E-state index in [0.29, 0.717) is 22.7 Å². The van der Waals surface area contributed by atoms with Crippen LogP contribution >= 0.6 is 0 Å². The molecule has 1 atom stereocenters. The summed E-state index contributed by atoms with van der Waals surface area (Å²) in [5.74, 6) is 1.33. The lowest BCUT2D eigenvalue weighted by molar-refractivity contribution is 0.0994. The van der Waals surface area contributed by atoms with Gasteiger partial charge >= 0.3 is 0 Å². The fraction of sp³-hybridized carbons (Fsp3) is 0.200. The fourth-order valence-electron chi connectivity index (χ4n) is 4.32. The van der Waals surface area contributed by atoms with Crippen LogP contribution in [0.2, 0.25) is 0 Å². The molecule has 1 fully saturated rings.